The van der Waals surface area contributed by atoms with Gasteiger partial charge in [-0.15, -0.1) is 0 Å². The van der Waals surface area contributed by atoms with Gasteiger partial charge < -0.3 is 9.15 Å². The highest BCUT2D eigenvalue weighted by Gasteiger charge is 2.17. The van der Waals surface area contributed by atoms with Crippen LogP contribution in [0.5, 0.6) is 5.75 Å². The first-order valence-electron chi connectivity index (χ1n) is 11.9. The normalized spacial score (nSPS) is 11.6. The van der Waals surface area contributed by atoms with Gasteiger partial charge in [-0.2, -0.15) is 9.78 Å². The molecule has 0 spiro atoms. The molecule has 0 aliphatic carbocycles. The second kappa shape index (κ2) is 10.5. The van der Waals surface area contributed by atoms with Gasteiger partial charge in [-0.3, -0.25) is 4.79 Å². The molecule has 0 aliphatic heterocycles. The Morgan fingerprint density at radius 3 is 2.69 bits per heavy atom. The average molecular weight is 603 g/mol. The standard InChI is InChI=1S/C30H18BrClFN3O3/c31-21-7-11-26(38-17-18-5-9-23(33)10-6-18)20(13-21)16-34-36-29(35-25-4-2-1-3-24(25)30(36)37)28-15-19-14-22(32)8-12-27(19)39-28/h1-16H,17H2. The number of benzene rings is 4. The number of para-hydroxylation sites is 1. The molecule has 0 aliphatic rings. The molecule has 2 aromatic heterocycles. The molecule has 4 aromatic carbocycles. The fourth-order valence-electron chi connectivity index (χ4n) is 4.13. The Labute approximate surface area is 235 Å². The van der Waals surface area contributed by atoms with E-state index in [0.717, 1.165) is 15.4 Å². The number of rotatable bonds is 6. The van der Waals surface area contributed by atoms with Crippen LogP contribution < -0.4 is 10.3 Å². The van der Waals surface area contributed by atoms with Crippen molar-refractivity contribution in [2.45, 2.75) is 6.61 Å². The molecule has 0 saturated heterocycles. The van der Waals surface area contributed by atoms with Crippen LogP contribution >= 0.6 is 27.5 Å². The van der Waals surface area contributed by atoms with Crippen LogP contribution in [0.1, 0.15) is 11.1 Å². The molecule has 6 aromatic rings. The maximum absolute atomic E-state index is 13.6. The number of hydrogen-bond donors (Lipinski definition) is 0. The molecule has 6 rings (SSSR count). The van der Waals surface area contributed by atoms with Crippen molar-refractivity contribution in [1.82, 2.24) is 9.66 Å². The number of halogens is 3. The van der Waals surface area contributed by atoms with E-state index in [9.17, 15) is 9.18 Å². The largest absolute Gasteiger partial charge is 0.488 e. The van der Waals surface area contributed by atoms with Gasteiger partial charge in [0.1, 0.15) is 23.8 Å². The summed E-state index contributed by atoms with van der Waals surface area (Å²) in [6, 6.07) is 25.7. The minimum atomic E-state index is -0.353. The van der Waals surface area contributed by atoms with E-state index in [0.29, 0.717) is 38.6 Å². The van der Waals surface area contributed by atoms with Crippen LogP contribution in [0, 0.1) is 5.82 Å². The highest BCUT2D eigenvalue weighted by Crippen LogP contribution is 2.29. The molecule has 0 amide bonds. The number of furan rings is 1. The molecular formula is C30H18BrClFN3O3. The maximum Gasteiger partial charge on any atom is 0.282 e. The van der Waals surface area contributed by atoms with E-state index in [4.69, 9.17) is 25.7 Å². The molecular weight excluding hydrogens is 585 g/mol. The van der Waals surface area contributed by atoms with Crippen molar-refractivity contribution >= 4 is 55.6 Å². The third kappa shape index (κ3) is 5.21. The van der Waals surface area contributed by atoms with E-state index < -0.39 is 0 Å². The zero-order valence-electron chi connectivity index (χ0n) is 20.1. The molecule has 0 radical (unpaired) electrons. The Kier molecular flexibility index (Phi) is 6.72. The van der Waals surface area contributed by atoms with Crippen molar-refractivity contribution in [2.75, 3.05) is 0 Å². The molecule has 2 heterocycles. The third-order valence-electron chi connectivity index (χ3n) is 6.04. The minimum absolute atomic E-state index is 0.229. The van der Waals surface area contributed by atoms with Crippen molar-refractivity contribution in [2.24, 2.45) is 5.10 Å². The SMILES string of the molecule is O=c1c2ccccc2nc(-c2cc3cc(Cl)ccc3o2)n1N=Cc1cc(Br)ccc1OCc1ccc(F)cc1. The molecule has 0 saturated carbocycles. The molecule has 0 N–H and O–H groups in total. The quantitative estimate of drug-likeness (QED) is 0.182. The van der Waals surface area contributed by atoms with Gasteiger partial charge >= 0.3 is 0 Å². The summed E-state index contributed by atoms with van der Waals surface area (Å²) in [4.78, 5) is 18.3. The van der Waals surface area contributed by atoms with Crippen molar-refractivity contribution in [3.63, 3.8) is 0 Å². The van der Waals surface area contributed by atoms with Crippen LogP contribution in [-0.2, 0) is 6.61 Å². The lowest BCUT2D eigenvalue weighted by molar-refractivity contribution is 0.305. The molecule has 9 heteroatoms. The molecule has 0 fully saturated rings. The number of aromatic nitrogens is 2. The fourth-order valence-corrected chi connectivity index (χ4v) is 4.69. The van der Waals surface area contributed by atoms with Gasteiger partial charge in [0.05, 0.1) is 17.1 Å². The lowest BCUT2D eigenvalue weighted by Gasteiger charge is -2.11. The predicted octanol–water partition coefficient (Wildman–Crippen LogP) is 7.83. The summed E-state index contributed by atoms with van der Waals surface area (Å²) in [7, 11) is 0. The molecule has 39 heavy (non-hydrogen) atoms. The molecule has 192 valence electrons. The molecule has 0 bridgehead atoms. The van der Waals surface area contributed by atoms with E-state index in [1.54, 1.807) is 60.7 Å². The highest BCUT2D eigenvalue weighted by atomic mass is 79.9. The van der Waals surface area contributed by atoms with Gasteiger partial charge in [-0.05, 0) is 72.3 Å². The van der Waals surface area contributed by atoms with E-state index in [-0.39, 0.29) is 23.8 Å². The van der Waals surface area contributed by atoms with E-state index in [1.165, 1.54) is 23.0 Å². The van der Waals surface area contributed by atoms with Crippen LogP contribution in [0.4, 0.5) is 4.39 Å². The Hall–Kier alpha value is -4.27. The summed E-state index contributed by atoms with van der Waals surface area (Å²) < 4.78 is 27.3. The molecule has 0 atom stereocenters. The lowest BCUT2D eigenvalue weighted by atomic mass is 10.2. The van der Waals surface area contributed by atoms with Gasteiger partial charge in [0.25, 0.3) is 5.56 Å². The number of fused-ring (bicyclic) bond motifs is 2. The van der Waals surface area contributed by atoms with Gasteiger partial charge in [0, 0.05) is 20.4 Å². The van der Waals surface area contributed by atoms with Crippen molar-refractivity contribution in [3.05, 3.63) is 128 Å². The summed E-state index contributed by atoms with van der Waals surface area (Å²) in [6.07, 6.45) is 1.53. The summed E-state index contributed by atoms with van der Waals surface area (Å²) in [5.41, 5.74) is 2.21. The van der Waals surface area contributed by atoms with Crippen LogP contribution in [-0.4, -0.2) is 15.9 Å². The summed E-state index contributed by atoms with van der Waals surface area (Å²) in [6.45, 7) is 0.229. The Balaban J connectivity index is 1.44. The van der Waals surface area contributed by atoms with E-state index in [2.05, 4.69) is 21.0 Å². The van der Waals surface area contributed by atoms with Gasteiger partial charge in [0.15, 0.2) is 5.76 Å². The monoisotopic (exact) mass is 601 g/mol. The Morgan fingerprint density at radius 1 is 1.03 bits per heavy atom. The zero-order valence-corrected chi connectivity index (χ0v) is 22.5. The Morgan fingerprint density at radius 2 is 1.85 bits per heavy atom. The van der Waals surface area contributed by atoms with Gasteiger partial charge in [0.2, 0.25) is 5.82 Å². The van der Waals surface area contributed by atoms with Gasteiger partial charge in [-0.25, -0.2) is 9.37 Å². The second-order valence-electron chi connectivity index (χ2n) is 8.70. The van der Waals surface area contributed by atoms with Gasteiger partial charge in [-0.1, -0.05) is 51.8 Å². The second-order valence-corrected chi connectivity index (χ2v) is 10.1. The molecule has 0 unspecified atom stereocenters. The smallest absolute Gasteiger partial charge is 0.282 e. The van der Waals surface area contributed by atoms with Crippen molar-refractivity contribution < 1.29 is 13.5 Å². The first-order valence-corrected chi connectivity index (χ1v) is 13.0. The fraction of sp³-hybridized carbons (Fsp3) is 0.0333. The Bertz CT molecular complexity index is 1930. The highest BCUT2D eigenvalue weighted by molar-refractivity contribution is 9.10. The first kappa shape index (κ1) is 25.0. The van der Waals surface area contributed by atoms with Crippen molar-refractivity contribution in [3.8, 4) is 17.3 Å². The topological polar surface area (TPSA) is 69.6 Å². The third-order valence-corrected chi connectivity index (χ3v) is 6.77. The minimum Gasteiger partial charge on any atom is -0.488 e. The first-order chi connectivity index (χ1) is 18.9. The summed E-state index contributed by atoms with van der Waals surface area (Å²) in [5.74, 6) is 0.835. The van der Waals surface area contributed by atoms with E-state index >= 15 is 0 Å². The van der Waals surface area contributed by atoms with Crippen LogP contribution in [0.3, 0.4) is 0 Å². The molecule has 6 nitrogen and oxygen atoms in total. The summed E-state index contributed by atoms with van der Waals surface area (Å²) >= 11 is 9.64. The van der Waals surface area contributed by atoms with E-state index in [1.807, 2.05) is 18.2 Å². The number of nitrogens with zero attached hydrogens (tertiary/aromatic N) is 3. The van der Waals surface area contributed by atoms with Crippen LogP contribution in [0.15, 0.2) is 110 Å². The maximum atomic E-state index is 13.6. The van der Waals surface area contributed by atoms with Crippen molar-refractivity contribution in [1.29, 1.82) is 0 Å². The number of ether oxygens (including phenoxy) is 1. The average Bonchev–Trinajstić information content (AvgIpc) is 3.36. The van der Waals surface area contributed by atoms with Crippen LogP contribution in [0.25, 0.3) is 33.5 Å². The zero-order chi connectivity index (χ0) is 26.9. The summed E-state index contributed by atoms with van der Waals surface area (Å²) in [5, 5.41) is 6.30. The number of hydrogen-bond acceptors (Lipinski definition) is 5. The predicted molar refractivity (Wildman–Crippen MR) is 154 cm³/mol. The lowest BCUT2D eigenvalue weighted by Crippen LogP contribution is -2.20. The van der Waals surface area contributed by atoms with Crippen LogP contribution in [0.2, 0.25) is 5.02 Å².